The van der Waals surface area contributed by atoms with Crippen molar-refractivity contribution in [1.82, 2.24) is 14.6 Å². The minimum Gasteiger partial charge on any atom is -0.378 e. The molecule has 1 fully saturated rings. The van der Waals surface area contributed by atoms with Crippen LogP contribution in [-0.4, -0.2) is 47.1 Å². The van der Waals surface area contributed by atoms with Crippen LogP contribution >= 0.6 is 0 Å². The van der Waals surface area contributed by atoms with E-state index in [0.717, 1.165) is 41.4 Å². The van der Waals surface area contributed by atoms with E-state index in [1.807, 2.05) is 47.0 Å². The van der Waals surface area contributed by atoms with Gasteiger partial charge in [0.05, 0.1) is 25.1 Å². The van der Waals surface area contributed by atoms with E-state index in [4.69, 9.17) is 14.8 Å². The largest absolute Gasteiger partial charge is 0.378 e. The van der Waals surface area contributed by atoms with Gasteiger partial charge in [0, 0.05) is 30.8 Å². The number of anilines is 2. The van der Waals surface area contributed by atoms with Gasteiger partial charge < -0.3 is 9.64 Å². The number of hydrogen-bond donors (Lipinski definition) is 1. The molecule has 3 heterocycles. The van der Waals surface area contributed by atoms with Gasteiger partial charge in [0.15, 0.2) is 11.5 Å². The molecule has 4 aromatic rings. The predicted molar refractivity (Wildman–Crippen MR) is 124 cm³/mol. The van der Waals surface area contributed by atoms with Crippen LogP contribution in [0, 0.1) is 6.92 Å². The quantitative estimate of drug-likeness (QED) is 0.397. The molecule has 0 atom stereocenters. The summed E-state index contributed by atoms with van der Waals surface area (Å²) in [5, 5.41) is 9.23. The summed E-state index contributed by atoms with van der Waals surface area (Å²) in [6.45, 7) is 5.09. The molecule has 1 N–H and O–H groups in total. The molecule has 0 amide bonds. The third kappa shape index (κ3) is 4.27. The first-order valence-corrected chi connectivity index (χ1v) is 10.4. The summed E-state index contributed by atoms with van der Waals surface area (Å²) >= 11 is 0. The Kier molecular flexibility index (Phi) is 5.33. The average molecular weight is 412 g/mol. The predicted octanol–water partition coefficient (Wildman–Crippen LogP) is 3.99. The summed E-state index contributed by atoms with van der Waals surface area (Å²) in [5.74, 6) is 1.65. The lowest BCUT2D eigenvalue weighted by atomic mass is 10.2. The molecule has 0 radical (unpaired) electrons. The van der Waals surface area contributed by atoms with Crippen molar-refractivity contribution in [2.45, 2.75) is 6.92 Å². The van der Waals surface area contributed by atoms with E-state index < -0.39 is 0 Å². The molecule has 156 valence electrons. The highest BCUT2D eigenvalue weighted by atomic mass is 16.5. The van der Waals surface area contributed by atoms with Gasteiger partial charge in [-0.3, -0.25) is 5.43 Å². The van der Waals surface area contributed by atoms with Gasteiger partial charge in [0.1, 0.15) is 5.82 Å². The Balaban J connectivity index is 1.49. The van der Waals surface area contributed by atoms with E-state index >= 15 is 0 Å². The number of rotatable bonds is 5. The molecule has 2 aromatic carbocycles. The Morgan fingerprint density at radius 2 is 1.77 bits per heavy atom. The van der Waals surface area contributed by atoms with Gasteiger partial charge in [-0.2, -0.15) is 14.7 Å². The van der Waals surface area contributed by atoms with Gasteiger partial charge in [-0.05, 0) is 12.5 Å². The van der Waals surface area contributed by atoms with E-state index in [0.29, 0.717) is 19.0 Å². The van der Waals surface area contributed by atoms with E-state index in [-0.39, 0.29) is 0 Å². The van der Waals surface area contributed by atoms with Crippen molar-refractivity contribution in [3.63, 3.8) is 0 Å². The van der Waals surface area contributed by atoms with Crippen LogP contribution in [0.2, 0.25) is 0 Å². The van der Waals surface area contributed by atoms with Crippen LogP contribution < -0.4 is 10.3 Å². The molecule has 0 bridgehead atoms. The van der Waals surface area contributed by atoms with Gasteiger partial charge >= 0.3 is 0 Å². The fourth-order valence-electron chi connectivity index (χ4n) is 3.61. The lowest BCUT2D eigenvalue weighted by Crippen LogP contribution is -2.37. The van der Waals surface area contributed by atoms with Crippen LogP contribution in [0.1, 0.15) is 11.1 Å². The topological polar surface area (TPSA) is 67.0 Å². The number of nitrogens with zero attached hydrogens (tertiary/aromatic N) is 5. The third-order valence-corrected chi connectivity index (χ3v) is 5.28. The number of hydrogen-bond acceptors (Lipinski definition) is 6. The van der Waals surface area contributed by atoms with Crippen LogP contribution in [0.15, 0.2) is 71.8 Å². The van der Waals surface area contributed by atoms with Gasteiger partial charge in [-0.15, -0.1) is 0 Å². The molecule has 1 aliphatic heterocycles. The number of nitrogens with one attached hydrogen (secondary N) is 1. The zero-order chi connectivity index (χ0) is 21.0. The van der Waals surface area contributed by atoms with E-state index in [9.17, 15) is 0 Å². The second kappa shape index (κ2) is 8.57. The van der Waals surface area contributed by atoms with Crippen LogP contribution in [0.4, 0.5) is 11.6 Å². The van der Waals surface area contributed by atoms with Crippen molar-refractivity contribution < 1.29 is 4.74 Å². The van der Waals surface area contributed by atoms with Crippen molar-refractivity contribution >= 4 is 23.5 Å². The van der Waals surface area contributed by atoms with Gasteiger partial charge in [-0.1, -0.05) is 60.2 Å². The molecule has 0 saturated carbocycles. The summed E-state index contributed by atoms with van der Waals surface area (Å²) in [4.78, 5) is 7.01. The smallest absolute Gasteiger partial charge is 0.160 e. The van der Waals surface area contributed by atoms with Crippen molar-refractivity contribution in [1.29, 1.82) is 0 Å². The molecule has 0 unspecified atom stereocenters. The average Bonchev–Trinajstić information content (AvgIpc) is 3.25. The normalized spacial score (nSPS) is 14.4. The monoisotopic (exact) mass is 412 g/mol. The standard InChI is InChI=1S/C24H24N6O/c1-18-7-9-19(10-8-18)17-25-27-22-16-24(29-11-13-31-14-12-29)30-23(26-22)15-21(28-30)20-5-3-2-4-6-20/h2-10,15-17H,11-14H2,1H3,(H,26,27). The number of morpholine rings is 1. The first-order valence-electron chi connectivity index (χ1n) is 10.4. The fourth-order valence-corrected chi connectivity index (χ4v) is 3.61. The van der Waals surface area contributed by atoms with E-state index in [1.54, 1.807) is 6.21 Å². The summed E-state index contributed by atoms with van der Waals surface area (Å²) in [7, 11) is 0. The highest BCUT2D eigenvalue weighted by Gasteiger charge is 2.18. The van der Waals surface area contributed by atoms with Gasteiger partial charge in [0.25, 0.3) is 0 Å². The zero-order valence-corrected chi connectivity index (χ0v) is 17.4. The lowest BCUT2D eigenvalue weighted by Gasteiger charge is -2.29. The molecule has 7 heteroatoms. The Hall–Kier alpha value is -3.71. The van der Waals surface area contributed by atoms with Crippen LogP contribution in [-0.2, 0) is 4.74 Å². The van der Waals surface area contributed by atoms with Gasteiger partial charge in [0.2, 0.25) is 0 Å². The van der Waals surface area contributed by atoms with Crippen LogP contribution in [0.3, 0.4) is 0 Å². The second-order valence-electron chi connectivity index (χ2n) is 7.55. The number of aryl methyl sites for hydroxylation is 1. The maximum Gasteiger partial charge on any atom is 0.160 e. The molecule has 0 spiro atoms. The lowest BCUT2D eigenvalue weighted by molar-refractivity contribution is 0.122. The van der Waals surface area contributed by atoms with Gasteiger partial charge in [-0.25, -0.2) is 4.98 Å². The first kappa shape index (κ1) is 19.3. The second-order valence-corrected chi connectivity index (χ2v) is 7.55. The van der Waals surface area contributed by atoms with Crippen molar-refractivity contribution in [2.24, 2.45) is 5.10 Å². The number of hydrazone groups is 1. The Bertz CT molecular complexity index is 1190. The number of ether oxygens (including phenoxy) is 1. The fraction of sp³-hybridized carbons (Fsp3) is 0.208. The molecule has 1 saturated heterocycles. The first-order chi connectivity index (χ1) is 15.3. The number of benzene rings is 2. The Labute approximate surface area is 181 Å². The minimum atomic E-state index is 0.678. The van der Waals surface area contributed by atoms with Crippen molar-refractivity contribution in [3.8, 4) is 11.3 Å². The SMILES string of the molecule is Cc1ccc(C=NNc2cc(N3CCOCC3)n3nc(-c4ccccc4)cc3n2)cc1. The van der Waals surface area contributed by atoms with Crippen LogP contribution in [0.5, 0.6) is 0 Å². The van der Waals surface area contributed by atoms with E-state index in [1.165, 1.54) is 5.56 Å². The molecule has 5 rings (SSSR count). The Morgan fingerprint density at radius 3 is 2.55 bits per heavy atom. The van der Waals surface area contributed by atoms with Crippen molar-refractivity contribution in [3.05, 3.63) is 77.9 Å². The van der Waals surface area contributed by atoms with E-state index in [2.05, 4.69) is 46.6 Å². The summed E-state index contributed by atoms with van der Waals surface area (Å²) in [6, 6.07) is 22.4. The van der Waals surface area contributed by atoms with Crippen LogP contribution in [0.25, 0.3) is 16.9 Å². The molecule has 31 heavy (non-hydrogen) atoms. The molecule has 7 nitrogen and oxygen atoms in total. The maximum absolute atomic E-state index is 5.53. The molecule has 0 aliphatic carbocycles. The molecule has 1 aliphatic rings. The Morgan fingerprint density at radius 1 is 1.00 bits per heavy atom. The molecule has 2 aromatic heterocycles. The number of aromatic nitrogens is 3. The minimum absolute atomic E-state index is 0.678. The number of fused-ring (bicyclic) bond motifs is 1. The zero-order valence-electron chi connectivity index (χ0n) is 17.4. The summed E-state index contributed by atoms with van der Waals surface area (Å²) in [5.41, 5.74) is 8.07. The molecular formula is C24H24N6O. The highest BCUT2D eigenvalue weighted by Crippen LogP contribution is 2.25. The summed E-state index contributed by atoms with van der Waals surface area (Å²) < 4.78 is 7.44. The molecular weight excluding hydrogens is 388 g/mol. The highest BCUT2D eigenvalue weighted by molar-refractivity contribution is 5.80. The third-order valence-electron chi connectivity index (χ3n) is 5.28. The van der Waals surface area contributed by atoms with Crippen molar-refractivity contribution in [2.75, 3.05) is 36.6 Å². The summed E-state index contributed by atoms with van der Waals surface area (Å²) in [6.07, 6.45) is 1.80. The maximum atomic E-state index is 5.53.